The number of methoxy groups -OCH3 is 2. The van der Waals surface area contributed by atoms with Gasteiger partial charge in [0.25, 0.3) is 0 Å². The van der Waals surface area contributed by atoms with E-state index >= 15 is 0 Å². The summed E-state index contributed by atoms with van der Waals surface area (Å²) in [6.45, 7) is 19.5. The Balaban J connectivity index is 2.88. The average Bonchev–Trinajstić information content (AvgIpc) is 2.81. The van der Waals surface area contributed by atoms with Crippen LogP contribution < -0.4 is 0 Å². The van der Waals surface area contributed by atoms with Gasteiger partial charge in [-0.25, -0.2) is 0 Å². The van der Waals surface area contributed by atoms with Crippen LogP contribution in [0.3, 0.4) is 0 Å². The molecule has 0 aromatic heterocycles. The third kappa shape index (κ3) is 5.63. The van der Waals surface area contributed by atoms with Crippen molar-refractivity contribution in [3.05, 3.63) is 56.6 Å². The van der Waals surface area contributed by atoms with Crippen LogP contribution in [0.5, 0.6) is 11.5 Å². The first-order chi connectivity index (χ1) is 16.8. The van der Waals surface area contributed by atoms with Crippen molar-refractivity contribution in [2.75, 3.05) is 14.2 Å². The Labute approximate surface area is 222 Å². The summed E-state index contributed by atoms with van der Waals surface area (Å²) in [6.07, 6.45) is 0.0686. The van der Waals surface area contributed by atoms with Crippen LogP contribution in [0.25, 0.3) is 0 Å². The third-order valence-electron chi connectivity index (χ3n) is 7.70. The molecular weight excluding hydrogens is 468 g/mol. The molecule has 0 fully saturated rings. The molecule has 0 saturated heterocycles. The maximum absolute atomic E-state index is 13.5. The molecule has 2 aromatic rings. The molecule has 0 saturated carbocycles. The first kappa shape index (κ1) is 30.2. The maximum Gasteiger partial charge on any atom is 0.323 e. The van der Waals surface area contributed by atoms with E-state index in [2.05, 4.69) is 0 Å². The Morgan fingerprint density at radius 1 is 0.649 bits per heavy atom. The Kier molecular flexibility index (Phi) is 8.48. The highest BCUT2D eigenvalue weighted by Crippen LogP contribution is 2.42. The largest absolute Gasteiger partial charge is 0.507 e. The molecule has 204 valence electrons. The smallest absolute Gasteiger partial charge is 0.323 e. The van der Waals surface area contributed by atoms with Gasteiger partial charge in [-0.2, -0.15) is 0 Å². The highest BCUT2D eigenvalue weighted by Gasteiger charge is 2.49. The molecule has 0 heterocycles. The zero-order valence-corrected chi connectivity index (χ0v) is 24.6. The average molecular weight is 513 g/mol. The number of hydrogen-bond donors (Lipinski definition) is 2. The van der Waals surface area contributed by atoms with Crippen LogP contribution in [0, 0.1) is 33.1 Å². The predicted octanol–water partition coefficient (Wildman–Crippen LogP) is 6.04. The Morgan fingerprint density at radius 2 is 0.946 bits per heavy atom. The molecule has 37 heavy (non-hydrogen) atoms. The molecular formula is C31H44O6. The standard InChI is InChI=1S/C31H44O6/c1-17-19(3)25(32)23(29(5,6)7)13-21(17)15-31(27(34)36-11,28(35)37-12)16-22-14-24(30(8,9)10)26(33)20(4)18(22)2/h13-14,32-33H,15-16H2,1-12H3. The van der Waals surface area contributed by atoms with Gasteiger partial charge in [-0.3, -0.25) is 9.59 Å². The Morgan fingerprint density at radius 3 is 1.19 bits per heavy atom. The van der Waals surface area contributed by atoms with E-state index in [1.807, 2.05) is 81.4 Å². The number of esters is 2. The third-order valence-corrected chi connectivity index (χ3v) is 7.70. The molecule has 0 aliphatic heterocycles. The molecule has 0 atom stereocenters. The van der Waals surface area contributed by atoms with E-state index < -0.39 is 17.4 Å². The van der Waals surface area contributed by atoms with Crippen LogP contribution >= 0.6 is 0 Å². The molecule has 2 aromatic carbocycles. The van der Waals surface area contributed by atoms with Gasteiger partial charge in [0.15, 0.2) is 5.41 Å². The summed E-state index contributed by atoms with van der Waals surface area (Å²) in [4.78, 5) is 27.0. The van der Waals surface area contributed by atoms with Gasteiger partial charge < -0.3 is 19.7 Å². The van der Waals surface area contributed by atoms with Gasteiger partial charge in [-0.1, -0.05) is 53.7 Å². The van der Waals surface area contributed by atoms with Crippen LogP contribution in [0.15, 0.2) is 12.1 Å². The summed E-state index contributed by atoms with van der Waals surface area (Å²) in [5.41, 5.74) is 3.63. The molecule has 6 heteroatoms. The van der Waals surface area contributed by atoms with Crippen LogP contribution in [0.2, 0.25) is 0 Å². The van der Waals surface area contributed by atoms with Crippen molar-refractivity contribution in [3.8, 4) is 11.5 Å². The minimum absolute atomic E-state index is 0.0343. The van der Waals surface area contributed by atoms with E-state index in [1.165, 1.54) is 14.2 Å². The molecule has 2 rings (SSSR count). The molecule has 0 radical (unpaired) electrons. The second-order valence-corrected chi connectivity index (χ2v) is 12.3. The van der Waals surface area contributed by atoms with Crippen molar-refractivity contribution < 1.29 is 29.3 Å². The van der Waals surface area contributed by atoms with Crippen molar-refractivity contribution >= 4 is 11.9 Å². The van der Waals surface area contributed by atoms with Crippen LogP contribution in [-0.2, 0) is 42.7 Å². The number of aromatic hydroxyl groups is 2. The van der Waals surface area contributed by atoms with Crippen molar-refractivity contribution in [2.24, 2.45) is 5.41 Å². The number of phenols is 2. The van der Waals surface area contributed by atoms with E-state index in [0.29, 0.717) is 11.1 Å². The van der Waals surface area contributed by atoms with Crippen LogP contribution in [0.4, 0.5) is 0 Å². The highest BCUT2D eigenvalue weighted by molar-refractivity contribution is 6.00. The molecule has 6 nitrogen and oxygen atoms in total. The van der Waals surface area contributed by atoms with Crippen molar-refractivity contribution in [1.82, 2.24) is 0 Å². The zero-order chi connectivity index (χ0) is 28.7. The lowest BCUT2D eigenvalue weighted by Crippen LogP contribution is -2.45. The quantitative estimate of drug-likeness (QED) is 0.362. The van der Waals surface area contributed by atoms with Crippen LogP contribution in [0.1, 0.15) is 86.1 Å². The summed E-state index contributed by atoms with van der Waals surface area (Å²) in [6, 6.07) is 3.77. The highest BCUT2D eigenvalue weighted by atomic mass is 16.5. The number of ether oxygens (including phenoxy) is 2. The van der Waals surface area contributed by atoms with Crippen LogP contribution in [-0.4, -0.2) is 36.4 Å². The molecule has 0 aliphatic rings. The van der Waals surface area contributed by atoms with E-state index in [1.54, 1.807) is 0 Å². The fraction of sp³-hybridized carbons (Fsp3) is 0.548. The number of carbonyl (C=O) groups is 2. The first-order valence-corrected chi connectivity index (χ1v) is 12.6. The minimum Gasteiger partial charge on any atom is -0.507 e. The lowest BCUT2D eigenvalue weighted by molar-refractivity contribution is -0.169. The van der Waals surface area contributed by atoms with Gasteiger partial charge in [0, 0.05) is 0 Å². The van der Waals surface area contributed by atoms with Crippen molar-refractivity contribution in [2.45, 2.75) is 92.9 Å². The second-order valence-electron chi connectivity index (χ2n) is 12.3. The minimum atomic E-state index is -1.67. The summed E-state index contributed by atoms with van der Waals surface area (Å²) in [5.74, 6) is -0.945. The van der Waals surface area contributed by atoms with Crippen molar-refractivity contribution in [3.63, 3.8) is 0 Å². The van der Waals surface area contributed by atoms with Gasteiger partial charge in [-0.15, -0.1) is 0 Å². The summed E-state index contributed by atoms with van der Waals surface area (Å²) in [5, 5.41) is 21.8. The maximum atomic E-state index is 13.5. The monoisotopic (exact) mass is 512 g/mol. The number of benzene rings is 2. The molecule has 2 N–H and O–H groups in total. The first-order valence-electron chi connectivity index (χ1n) is 12.6. The van der Waals surface area contributed by atoms with Crippen molar-refractivity contribution in [1.29, 1.82) is 0 Å². The number of carbonyl (C=O) groups excluding carboxylic acids is 2. The molecule has 0 unspecified atom stereocenters. The number of phenolic OH excluding ortho intramolecular Hbond substituents is 2. The Hall–Kier alpha value is -3.02. The lowest BCUT2D eigenvalue weighted by Gasteiger charge is -2.32. The summed E-state index contributed by atoms with van der Waals surface area (Å²) >= 11 is 0. The fourth-order valence-corrected chi connectivity index (χ4v) is 4.93. The van der Waals surface area contributed by atoms with E-state index in [4.69, 9.17) is 9.47 Å². The second kappa shape index (κ2) is 10.4. The molecule has 0 spiro atoms. The van der Waals surface area contributed by atoms with E-state index in [9.17, 15) is 19.8 Å². The summed E-state index contributed by atoms with van der Waals surface area (Å²) < 4.78 is 10.5. The SMILES string of the molecule is COC(=O)C(Cc1cc(C(C)(C)C)c(O)c(C)c1C)(Cc1cc(C(C)(C)C)c(O)c(C)c1C)C(=O)OC. The zero-order valence-electron chi connectivity index (χ0n) is 24.6. The molecule has 0 amide bonds. The van der Waals surface area contributed by atoms with E-state index in [0.717, 1.165) is 33.4 Å². The van der Waals surface area contributed by atoms with Gasteiger partial charge in [0.2, 0.25) is 0 Å². The van der Waals surface area contributed by atoms with Gasteiger partial charge in [0.05, 0.1) is 14.2 Å². The normalized spacial score (nSPS) is 12.4. The lowest BCUT2D eigenvalue weighted by atomic mass is 9.72. The topological polar surface area (TPSA) is 93.1 Å². The van der Waals surface area contributed by atoms with E-state index in [-0.39, 0.29) is 35.2 Å². The van der Waals surface area contributed by atoms with Gasteiger partial charge in [0.1, 0.15) is 11.5 Å². The number of hydrogen-bond acceptors (Lipinski definition) is 6. The molecule has 0 aliphatic carbocycles. The van der Waals surface area contributed by atoms with Gasteiger partial charge >= 0.3 is 11.9 Å². The Bertz CT molecular complexity index is 1110. The fourth-order valence-electron chi connectivity index (χ4n) is 4.93. The number of rotatable bonds is 6. The molecule has 0 bridgehead atoms. The predicted molar refractivity (Wildman–Crippen MR) is 146 cm³/mol. The summed E-state index contributed by atoms with van der Waals surface area (Å²) in [7, 11) is 2.54. The van der Waals surface area contributed by atoms with Gasteiger partial charge in [-0.05, 0) is 95.9 Å².